The van der Waals surface area contributed by atoms with E-state index in [-0.39, 0.29) is 0 Å². The van der Waals surface area contributed by atoms with Crippen LogP contribution in [-0.4, -0.2) is 31.4 Å². The molecule has 0 N–H and O–H groups in total. The van der Waals surface area contributed by atoms with Crippen molar-refractivity contribution >= 4 is 12.0 Å². The van der Waals surface area contributed by atoms with Crippen LogP contribution in [0.15, 0.2) is 17.1 Å². The average molecular weight is 232 g/mol. The molecule has 1 heterocycles. The van der Waals surface area contributed by atoms with Crippen LogP contribution in [-0.2, 0) is 17.8 Å². The molecule has 0 bridgehead atoms. The summed E-state index contributed by atoms with van der Waals surface area (Å²) in [5, 5.41) is 0. The molecule has 0 spiro atoms. The molecule has 3 nitrogen and oxygen atoms in total. The standard InChI is InChI=1S/C14H20N2O/c1-4-16(3)10-15-14-8-12-5-6-17-9-13(12)7-11(14)2/h7-8,10H,4-6,9H2,1-3H3. The SMILES string of the molecule is CCN(C)C=Nc1cc2c(cc1C)COCC2. The topological polar surface area (TPSA) is 24.8 Å². The van der Waals surface area contributed by atoms with Crippen LogP contribution in [0.3, 0.4) is 0 Å². The summed E-state index contributed by atoms with van der Waals surface area (Å²) in [6, 6.07) is 4.40. The summed E-state index contributed by atoms with van der Waals surface area (Å²) in [6.45, 7) is 6.76. The van der Waals surface area contributed by atoms with E-state index in [0.717, 1.165) is 31.9 Å². The second kappa shape index (κ2) is 5.32. The Morgan fingerprint density at radius 2 is 2.24 bits per heavy atom. The van der Waals surface area contributed by atoms with Gasteiger partial charge in [-0.05, 0) is 43.0 Å². The Labute approximate surface area is 103 Å². The van der Waals surface area contributed by atoms with Crippen LogP contribution >= 0.6 is 0 Å². The van der Waals surface area contributed by atoms with Crippen molar-refractivity contribution in [2.24, 2.45) is 4.99 Å². The van der Waals surface area contributed by atoms with E-state index in [2.05, 4.69) is 35.9 Å². The summed E-state index contributed by atoms with van der Waals surface area (Å²) in [6.07, 6.45) is 2.90. The third-order valence-corrected chi connectivity index (χ3v) is 3.18. The van der Waals surface area contributed by atoms with E-state index in [9.17, 15) is 0 Å². The number of aliphatic imine (C=N–C) groups is 1. The number of aryl methyl sites for hydroxylation is 1. The Bertz CT molecular complexity index is 426. The van der Waals surface area contributed by atoms with E-state index in [0.29, 0.717) is 0 Å². The van der Waals surface area contributed by atoms with Crippen LogP contribution in [0.4, 0.5) is 5.69 Å². The Kier molecular flexibility index (Phi) is 3.79. The first-order valence-corrected chi connectivity index (χ1v) is 6.15. The summed E-state index contributed by atoms with van der Waals surface area (Å²) in [7, 11) is 2.03. The summed E-state index contributed by atoms with van der Waals surface area (Å²) in [4.78, 5) is 6.62. The predicted molar refractivity (Wildman–Crippen MR) is 71.0 cm³/mol. The predicted octanol–water partition coefficient (Wildman–Crippen LogP) is 2.68. The third-order valence-electron chi connectivity index (χ3n) is 3.18. The number of benzene rings is 1. The summed E-state index contributed by atoms with van der Waals surface area (Å²) in [5.74, 6) is 0. The molecule has 0 saturated carbocycles. The van der Waals surface area contributed by atoms with E-state index in [1.54, 1.807) is 0 Å². The molecular formula is C14H20N2O. The van der Waals surface area contributed by atoms with Gasteiger partial charge in [0, 0.05) is 13.6 Å². The van der Waals surface area contributed by atoms with Crippen molar-refractivity contribution in [1.82, 2.24) is 4.90 Å². The first-order valence-electron chi connectivity index (χ1n) is 6.15. The minimum absolute atomic E-state index is 0.745. The van der Waals surface area contributed by atoms with Gasteiger partial charge in [0.05, 0.1) is 25.2 Å². The minimum Gasteiger partial charge on any atom is -0.376 e. The second-order valence-electron chi connectivity index (χ2n) is 4.53. The molecule has 0 fully saturated rings. The third kappa shape index (κ3) is 2.86. The van der Waals surface area contributed by atoms with Gasteiger partial charge in [-0.2, -0.15) is 0 Å². The highest BCUT2D eigenvalue weighted by molar-refractivity contribution is 5.64. The van der Waals surface area contributed by atoms with Gasteiger partial charge in [0.15, 0.2) is 0 Å². The molecule has 0 saturated heterocycles. The lowest BCUT2D eigenvalue weighted by atomic mass is 9.99. The molecular weight excluding hydrogens is 212 g/mol. The molecule has 0 aromatic heterocycles. The fraction of sp³-hybridized carbons (Fsp3) is 0.500. The first kappa shape index (κ1) is 12.1. The Balaban J connectivity index is 2.25. The molecule has 1 aliphatic rings. The van der Waals surface area contributed by atoms with Gasteiger partial charge in [0.2, 0.25) is 0 Å². The molecule has 2 rings (SSSR count). The molecule has 0 radical (unpaired) electrons. The number of fused-ring (bicyclic) bond motifs is 1. The maximum atomic E-state index is 5.46. The van der Waals surface area contributed by atoms with Crippen LogP contribution in [0.1, 0.15) is 23.6 Å². The van der Waals surface area contributed by atoms with Crippen LogP contribution in [0.5, 0.6) is 0 Å². The van der Waals surface area contributed by atoms with E-state index in [4.69, 9.17) is 4.74 Å². The first-order chi connectivity index (χ1) is 8.20. The number of hydrogen-bond donors (Lipinski definition) is 0. The molecule has 1 aliphatic heterocycles. The zero-order valence-electron chi connectivity index (χ0n) is 10.9. The maximum absolute atomic E-state index is 5.46. The molecule has 1 aromatic rings. The van der Waals surface area contributed by atoms with Gasteiger partial charge < -0.3 is 9.64 Å². The van der Waals surface area contributed by atoms with Crippen molar-refractivity contribution in [3.05, 3.63) is 28.8 Å². The summed E-state index contributed by atoms with van der Waals surface area (Å²) >= 11 is 0. The van der Waals surface area contributed by atoms with Crippen LogP contribution < -0.4 is 0 Å². The highest BCUT2D eigenvalue weighted by atomic mass is 16.5. The van der Waals surface area contributed by atoms with Gasteiger partial charge in [-0.3, -0.25) is 0 Å². The number of rotatable bonds is 3. The van der Waals surface area contributed by atoms with Crippen molar-refractivity contribution in [3.8, 4) is 0 Å². The zero-order valence-corrected chi connectivity index (χ0v) is 10.9. The van der Waals surface area contributed by atoms with Gasteiger partial charge in [-0.15, -0.1) is 0 Å². The molecule has 1 aromatic carbocycles. The Morgan fingerprint density at radius 1 is 1.41 bits per heavy atom. The highest BCUT2D eigenvalue weighted by Gasteiger charge is 2.11. The van der Waals surface area contributed by atoms with Crippen molar-refractivity contribution < 1.29 is 4.74 Å². The maximum Gasteiger partial charge on any atom is 0.0909 e. The lowest BCUT2D eigenvalue weighted by molar-refractivity contribution is 0.111. The van der Waals surface area contributed by atoms with E-state index < -0.39 is 0 Å². The molecule has 0 amide bonds. The Morgan fingerprint density at radius 3 is 3.00 bits per heavy atom. The van der Waals surface area contributed by atoms with Crippen LogP contribution in [0, 0.1) is 6.92 Å². The monoisotopic (exact) mass is 232 g/mol. The number of nitrogens with zero attached hydrogens (tertiary/aromatic N) is 2. The molecule has 0 unspecified atom stereocenters. The average Bonchev–Trinajstić information content (AvgIpc) is 2.35. The Hall–Kier alpha value is -1.35. The lowest BCUT2D eigenvalue weighted by Gasteiger charge is -2.18. The quantitative estimate of drug-likeness (QED) is 0.591. The molecule has 0 atom stereocenters. The van der Waals surface area contributed by atoms with Gasteiger partial charge in [-0.25, -0.2) is 4.99 Å². The van der Waals surface area contributed by atoms with Gasteiger partial charge in [0.25, 0.3) is 0 Å². The van der Waals surface area contributed by atoms with Crippen molar-refractivity contribution in [2.45, 2.75) is 26.9 Å². The summed E-state index contributed by atoms with van der Waals surface area (Å²) < 4.78 is 5.46. The minimum atomic E-state index is 0.745. The molecule has 92 valence electrons. The van der Waals surface area contributed by atoms with Gasteiger partial charge in [-0.1, -0.05) is 6.07 Å². The lowest BCUT2D eigenvalue weighted by Crippen LogP contribution is -2.14. The van der Waals surface area contributed by atoms with Gasteiger partial charge >= 0.3 is 0 Å². The highest BCUT2D eigenvalue weighted by Crippen LogP contribution is 2.26. The fourth-order valence-electron chi connectivity index (χ4n) is 1.91. The fourth-order valence-corrected chi connectivity index (χ4v) is 1.91. The van der Waals surface area contributed by atoms with Gasteiger partial charge in [0.1, 0.15) is 0 Å². The van der Waals surface area contributed by atoms with E-state index >= 15 is 0 Å². The smallest absolute Gasteiger partial charge is 0.0909 e. The number of ether oxygens (including phenoxy) is 1. The van der Waals surface area contributed by atoms with Crippen molar-refractivity contribution in [3.63, 3.8) is 0 Å². The second-order valence-corrected chi connectivity index (χ2v) is 4.53. The van der Waals surface area contributed by atoms with Crippen molar-refractivity contribution in [1.29, 1.82) is 0 Å². The van der Waals surface area contributed by atoms with E-state index in [1.807, 2.05) is 13.4 Å². The summed E-state index contributed by atoms with van der Waals surface area (Å²) in [5.41, 5.74) is 4.99. The molecule has 0 aliphatic carbocycles. The van der Waals surface area contributed by atoms with Crippen LogP contribution in [0.25, 0.3) is 0 Å². The normalized spacial score (nSPS) is 15.0. The molecule has 17 heavy (non-hydrogen) atoms. The largest absolute Gasteiger partial charge is 0.376 e. The van der Waals surface area contributed by atoms with Crippen molar-refractivity contribution in [2.75, 3.05) is 20.2 Å². The molecule has 3 heteroatoms. The van der Waals surface area contributed by atoms with E-state index in [1.165, 1.54) is 16.7 Å². The zero-order chi connectivity index (χ0) is 12.3. The number of hydrogen-bond acceptors (Lipinski definition) is 2. The van der Waals surface area contributed by atoms with Crippen LogP contribution in [0.2, 0.25) is 0 Å².